The summed E-state index contributed by atoms with van der Waals surface area (Å²) >= 11 is 0. The minimum absolute atomic E-state index is 0.00972. The van der Waals surface area contributed by atoms with Gasteiger partial charge in [-0.15, -0.1) is 0 Å². The third-order valence-corrected chi connectivity index (χ3v) is 3.56. The van der Waals surface area contributed by atoms with Gasteiger partial charge in [0.2, 0.25) is 0 Å². The highest BCUT2D eigenvalue weighted by atomic mass is 16.3. The summed E-state index contributed by atoms with van der Waals surface area (Å²) in [7, 11) is 0. The molecule has 1 aliphatic rings. The van der Waals surface area contributed by atoms with E-state index in [0.29, 0.717) is 0 Å². The summed E-state index contributed by atoms with van der Waals surface area (Å²) in [5.74, 6) is 0. The summed E-state index contributed by atoms with van der Waals surface area (Å²) in [6.07, 6.45) is 1.77. The zero-order chi connectivity index (χ0) is 13.2. The predicted molar refractivity (Wildman–Crippen MR) is 73.7 cm³/mol. The molecule has 2 rings (SSSR count). The maximum atomic E-state index is 9.12. The molecule has 2 heterocycles. The van der Waals surface area contributed by atoms with Gasteiger partial charge in [0.15, 0.2) is 0 Å². The third-order valence-electron chi connectivity index (χ3n) is 3.56. The Hall–Kier alpha value is -1.13. The quantitative estimate of drug-likeness (QED) is 0.862. The number of aliphatic hydroxyl groups excluding tert-OH is 1. The van der Waals surface area contributed by atoms with Gasteiger partial charge < -0.3 is 10.0 Å². The average Bonchev–Trinajstić information content (AvgIpc) is 2.38. The topological polar surface area (TPSA) is 39.6 Å². The summed E-state index contributed by atoms with van der Waals surface area (Å²) in [5.41, 5.74) is 2.16. The van der Waals surface area contributed by atoms with E-state index in [0.717, 1.165) is 31.9 Å². The number of pyridine rings is 1. The van der Waals surface area contributed by atoms with Crippen molar-refractivity contribution in [1.82, 2.24) is 9.88 Å². The van der Waals surface area contributed by atoms with Crippen molar-refractivity contribution in [2.45, 2.75) is 32.9 Å². The largest absolute Gasteiger partial charge is 0.390 e. The Balaban J connectivity index is 2.01. The molecule has 0 unspecified atom stereocenters. The first-order valence-electron chi connectivity index (χ1n) is 6.56. The second-order valence-electron chi connectivity index (χ2n) is 5.81. The molecule has 0 bridgehead atoms. The van der Waals surface area contributed by atoms with Crippen LogP contribution in [0, 0.1) is 0 Å². The van der Waals surface area contributed by atoms with Crippen LogP contribution in [0.2, 0.25) is 0 Å². The second kappa shape index (κ2) is 5.24. The summed E-state index contributed by atoms with van der Waals surface area (Å²) in [6.45, 7) is 11.0. The zero-order valence-electron chi connectivity index (χ0n) is 11.6. The van der Waals surface area contributed by atoms with Gasteiger partial charge in [-0.2, -0.15) is 0 Å². The number of anilines is 1. The van der Waals surface area contributed by atoms with Crippen LogP contribution in [0.5, 0.6) is 0 Å². The van der Waals surface area contributed by atoms with Crippen molar-refractivity contribution in [3.8, 4) is 0 Å². The van der Waals surface area contributed by atoms with Gasteiger partial charge in [-0.05, 0) is 32.9 Å². The molecule has 18 heavy (non-hydrogen) atoms. The lowest BCUT2D eigenvalue weighted by molar-refractivity contribution is 0.128. The van der Waals surface area contributed by atoms with Crippen LogP contribution in [-0.2, 0) is 6.61 Å². The van der Waals surface area contributed by atoms with E-state index in [-0.39, 0.29) is 12.1 Å². The molecule has 4 heteroatoms. The lowest BCUT2D eigenvalue weighted by Crippen LogP contribution is -2.53. The molecule has 0 amide bonds. The van der Waals surface area contributed by atoms with E-state index in [1.165, 1.54) is 5.69 Å². The van der Waals surface area contributed by atoms with E-state index in [1.54, 1.807) is 6.20 Å². The van der Waals surface area contributed by atoms with Crippen LogP contribution in [0.25, 0.3) is 0 Å². The fourth-order valence-electron chi connectivity index (χ4n) is 2.38. The standard InChI is InChI=1S/C14H23N3O/c1-14(2,3)17-8-6-16(7-9-17)13-4-5-15-12(10-13)11-18/h4-5,10,18H,6-9,11H2,1-3H3. The van der Waals surface area contributed by atoms with Crippen molar-refractivity contribution in [1.29, 1.82) is 0 Å². The Bertz CT molecular complexity index is 392. The Morgan fingerprint density at radius 2 is 1.89 bits per heavy atom. The number of rotatable bonds is 2. The molecule has 100 valence electrons. The van der Waals surface area contributed by atoms with Crippen LogP contribution in [0.15, 0.2) is 18.3 Å². The molecule has 0 atom stereocenters. The van der Waals surface area contributed by atoms with Crippen LogP contribution in [0.3, 0.4) is 0 Å². The normalized spacial score (nSPS) is 18.1. The van der Waals surface area contributed by atoms with E-state index >= 15 is 0 Å². The smallest absolute Gasteiger partial charge is 0.0853 e. The Morgan fingerprint density at radius 3 is 2.44 bits per heavy atom. The highest BCUT2D eigenvalue weighted by Crippen LogP contribution is 2.20. The van der Waals surface area contributed by atoms with Crippen molar-refractivity contribution in [2.24, 2.45) is 0 Å². The Kier molecular flexibility index (Phi) is 3.88. The molecule has 1 fully saturated rings. The van der Waals surface area contributed by atoms with Crippen LogP contribution in [-0.4, -0.2) is 46.7 Å². The van der Waals surface area contributed by atoms with Gasteiger partial charge in [0, 0.05) is 43.6 Å². The predicted octanol–water partition coefficient (Wildman–Crippen LogP) is 1.49. The second-order valence-corrected chi connectivity index (χ2v) is 5.81. The molecule has 1 aromatic rings. The third kappa shape index (κ3) is 3.00. The first-order chi connectivity index (χ1) is 8.50. The minimum atomic E-state index is 0.00972. The number of piperazine rings is 1. The lowest BCUT2D eigenvalue weighted by atomic mass is 10.0. The summed E-state index contributed by atoms with van der Waals surface area (Å²) in [4.78, 5) is 9.00. The molecule has 1 aromatic heterocycles. The van der Waals surface area contributed by atoms with E-state index in [4.69, 9.17) is 5.11 Å². The van der Waals surface area contributed by atoms with Crippen molar-refractivity contribution in [3.05, 3.63) is 24.0 Å². The maximum absolute atomic E-state index is 9.12. The molecule has 0 saturated carbocycles. The van der Waals surface area contributed by atoms with Gasteiger partial charge in [-0.25, -0.2) is 0 Å². The molecular weight excluding hydrogens is 226 g/mol. The van der Waals surface area contributed by atoms with E-state index in [2.05, 4.69) is 35.6 Å². The summed E-state index contributed by atoms with van der Waals surface area (Å²) in [5, 5.41) is 9.12. The van der Waals surface area contributed by atoms with Crippen LogP contribution in [0.4, 0.5) is 5.69 Å². The molecule has 0 spiro atoms. The van der Waals surface area contributed by atoms with Gasteiger partial charge in [-0.1, -0.05) is 0 Å². The van der Waals surface area contributed by atoms with Gasteiger partial charge in [-0.3, -0.25) is 9.88 Å². The van der Waals surface area contributed by atoms with E-state index in [9.17, 15) is 0 Å². The number of hydrogen-bond donors (Lipinski definition) is 1. The Labute approximate surface area is 109 Å². The van der Waals surface area contributed by atoms with Crippen molar-refractivity contribution < 1.29 is 5.11 Å². The molecule has 1 saturated heterocycles. The number of aliphatic hydroxyl groups is 1. The van der Waals surface area contributed by atoms with Crippen molar-refractivity contribution in [2.75, 3.05) is 31.1 Å². The molecular formula is C14H23N3O. The monoisotopic (exact) mass is 249 g/mol. The van der Waals surface area contributed by atoms with Crippen molar-refractivity contribution >= 4 is 5.69 Å². The fourth-order valence-corrected chi connectivity index (χ4v) is 2.38. The molecule has 0 aliphatic carbocycles. The van der Waals surface area contributed by atoms with Gasteiger partial charge in [0.05, 0.1) is 12.3 Å². The van der Waals surface area contributed by atoms with Crippen molar-refractivity contribution in [3.63, 3.8) is 0 Å². The van der Waals surface area contributed by atoms with Crippen LogP contribution >= 0.6 is 0 Å². The molecule has 0 radical (unpaired) electrons. The first kappa shape index (κ1) is 13.3. The highest BCUT2D eigenvalue weighted by Gasteiger charge is 2.25. The van der Waals surface area contributed by atoms with E-state index < -0.39 is 0 Å². The average molecular weight is 249 g/mol. The number of nitrogens with zero attached hydrogens (tertiary/aromatic N) is 3. The SMILES string of the molecule is CC(C)(C)N1CCN(c2ccnc(CO)c2)CC1. The fraction of sp³-hybridized carbons (Fsp3) is 0.643. The number of aromatic nitrogens is 1. The molecule has 1 N–H and O–H groups in total. The minimum Gasteiger partial charge on any atom is -0.390 e. The molecule has 0 aromatic carbocycles. The number of hydrogen-bond acceptors (Lipinski definition) is 4. The van der Waals surface area contributed by atoms with Crippen LogP contribution < -0.4 is 4.90 Å². The first-order valence-corrected chi connectivity index (χ1v) is 6.56. The van der Waals surface area contributed by atoms with E-state index in [1.807, 2.05) is 12.1 Å². The Morgan fingerprint density at radius 1 is 1.22 bits per heavy atom. The van der Waals surface area contributed by atoms with Gasteiger partial charge in [0.25, 0.3) is 0 Å². The highest BCUT2D eigenvalue weighted by molar-refractivity contribution is 5.47. The summed E-state index contributed by atoms with van der Waals surface area (Å²) < 4.78 is 0. The maximum Gasteiger partial charge on any atom is 0.0853 e. The van der Waals surface area contributed by atoms with Crippen LogP contribution in [0.1, 0.15) is 26.5 Å². The van der Waals surface area contributed by atoms with Gasteiger partial charge in [0.1, 0.15) is 0 Å². The molecule has 1 aliphatic heterocycles. The molecule has 4 nitrogen and oxygen atoms in total. The zero-order valence-corrected chi connectivity index (χ0v) is 11.6. The van der Waals surface area contributed by atoms with Gasteiger partial charge >= 0.3 is 0 Å². The lowest BCUT2D eigenvalue weighted by Gasteiger charge is -2.43. The summed E-state index contributed by atoms with van der Waals surface area (Å²) in [6, 6.07) is 4.00.